The van der Waals surface area contributed by atoms with Crippen LogP contribution in [0.3, 0.4) is 0 Å². The highest BCUT2D eigenvalue weighted by molar-refractivity contribution is 5.12. The van der Waals surface area contributed by atoms with Crippen molar-refractivity contribution < 1.29 is 9.47 Å². The molecule has 0 radical (unpaired) electrons. The van der Waals surface area contributed by atoms with E-state index in [-0.39, 0.29) is 0 Å². The Morgan fingerprint density at radius 1 is 1.35 bits per heavy atom. The molecule has 0 aromatic heterocycles. The quantitative estimate of drug-likeness (QED) is 0.813. The number of nitrogens with one attached hydrogen (secondary N) is 1. The molecule has 2 aliphatic carbocycles. The Morgan fingerprint density at radius 3 is 2.82 bits per heavy atom. The molecule has 3 unspecified atom stereocenters. The molecule has 0 aromatic rings. The van der Waals surface area contributed by atoms with E-state index in [1.54, 1.807) is 0 Å². The van der Waals surface area contributed by atoms with E-state index in [1.165, 1.54) is 19.3 Å². The Morgan fingerprint density at radius 2 is 2.12 bits per heavy atom. The third-order valence-electron chi connectivity index (χ3n) is 5.01. The van der Waals surface area contributed by atoms with Crippen molar-refractivity contribution in [2.75, 3.05) is 13.2 Å². The topological polar surface area (TPSA) is 30.5 Å². The zero-order valence-electron chi connectivity index (χ0n) is 11.2. The summed E-state index contributed by atoms with van der Waals surface area (Å²) in [6.07, 6.45) is 4.64. The monoisotopic (exact) mass is 239 g/mol. The maximum absolute atomic E-state index is 5.83. The third kappa shape index (κ3) is 1.83. The van der Waals surface area contributed by atoms with E-state index in [0.29, 0.717) is 29.7 Å². The summed E-state index contributed by atoms with van der Waals surface area (Å²) in [5.74, 6) is 0.760. The van der Waals surface area contributed by atoms with Gasteiger partial charge in [-0.2, -0.15) is 0 Å². The van der Waals surface area contributed by atoms with E-state index >= 15 is 0 Å². The highest BCUT2D eigenvalue weighted by Gasteiger charge is 2.59. The Bertz CT molecular complexity index is 286. The molecule has 0 aromatic carbocycles. The average molecular weight is 239 g/mol. The van der Waals surface area contributed by atoms with Gasteiger partial charge in [-0.15, -0.1) is 0 Å². The van der Waals surface area contributed by atoms with Crippen LogP contribution in [0.5, 0.6) is 0 Å². The summed E-state index contributed by atoms with van der Waals surface area (Å²) in [4.78, 5) is 0. The van der Waals surface area contributed by atoms with Crippen LogP contribution >= 0.6 is 0 Å². The summed E-state index contributed by atoms with van der Waals surface area (Å²) in [7, 11) is 0. The minimum absolute atomic E-state index is 0.317. The summed E-state index contributed by atoms with van der Waals surface area (Å²) < 4.78 is 11.4. The molecule has 3 aliphatic rings. The van der Waals surface area contributed by atoms with Gasteiger partial charge >= 0.3 is 0 Å². The maximum atomic E-state index is 5.83. The molecule has 1 saturated heterocycles. The molecular weight excluding hydrogens is 214 g/mol. The van der Waals surface area contributed by atoms with Crippen LogP contribution in [0.4, 0.5) is 0 Å². The van der Waals surface area contributed by atoms with E-state index < -0.39 is 0 Å². The normalized spacial score (nSPS) is 47.1. The zero-order valence-corrected chi connectivity index (χ0v) is 11.2. The van der Waals surface area contributed by atoms with E-state index in [4.69, 9.17) is 9.47 Å². The lowest BCUT2D eigenvalue weighted by Gasteiger charge is -2.57. The molecular formula is C14H25NO2. The SMILES string of the molecule is CCOC1CC(NC2C3CCOC3C2(C)C)C1. The van der Waals surface area contributed by atoms with Crippen LogP contribution < -0.4 is 5.32 Å². The van der Waals surface area contributed by atoms with Crippen LogP contribution in [0, 0.1) is 11.3 Å². The van der Waals surface area contributed by atoms with Crippen molar-refractivity contribution in [3.8, 4) is 0 Å². The first-order valence-corrected chi connectivity index (χ1v) is 7.12. The molecule has 3 atom stereocenters. The fourth-order valence-corrected chi connectivity index (χ4v) is 3.99. The fourth-order valence-electron chi connectivity index (χ4n) is 3.99. The third-order valence-corrected chi connectivity index (χ3v) is 5.01. The van der Waals surface area contributed by atoms with Crippen molar-refractivity contribution >= 4 is 0 Å². The average Bonchev–Trinajstić information content (AvgIpc) is 2.67. The predicted molar refractivity (Wildman–Crippen MR) is 67.0 cm³/mol. The maximum Gasteiger partial charge on any atom is 0.0685 e. The van der Waals surface area contributed by atoms with Gasteiger partial charge in [0.1, 0.15) is 0 Å². The van der Waals surface area contributed by atoms with E-state index in [2.05, 4.69) is 26.1 Å². The van der Waals surface area contributed by atoms with Crippen LogP contribution in [0.15, 0.2) is 0 Å². The van der Waals surface area contributed by atoms with Gasteiger partial charge in [-0.1, -0.05) is 13.8 Å². The smallest absolute Gasteiger partial charge is 0.0685 e. The molecule has 0 spiro atoms. The molecule has 2 saturated carbocycles. The first-order chi connectivity index (χ1) is 8.13. The van der Waals surface area contributed by atoms with E-state index in [1.807, 2.05) is 0 Å². The summed E-state index contributed by atoms with van der Waals surface area (Å²) in [6.45, 7) is 8.58. The van der Waals surface area contributed by atoms with Gasteiger partial charge in [-0.25, -0.2) is 0 Å². The highest BCUT2D eigenvalue weighted by atomic mass is 16.5. The molecule has 1 N–H and O–H groups in total. The number of fused-ring (bicyclic) bond motifs is 1. The van der Waals surface area contributed by atoms with Gasteiger partial charge in [-0.3, -0.25) is 0 Å². The van der Waals surface area contributed by atoms with Gasteiger partial charge in [0.2, 0.25) is 0 Å². The van der Waals surface area contributed by atoms with Crippen molar-refractivity contribution in [1.29, 1.82) is 0 Å². The molecule has 0 amide bonds. The fraction of sp³-hybridized carbons (Fsp3) is 1.00. The highest BCUT2D eigenvalue weighted by Crippen LogP contribution is 2.52. The Kier molecular flexibility index (Phi) is 2.96. The second-order valence-electron chi connectivity index (χ2n) is 6.46. The van der Waals surface area contributed by atoms with Gasteiger partial charge in [0.15, 0.2) is 0 Å². The molecule has 1 heterocycles. The Hall–Kier alpha value is -0.120. The molecule has 3 rings (SSSR count). The predicted octanol–water partition coefficient (Wildman–Crippen LogP) is 1.96. The summed E-state index contributed by atoms with van der Waals surface area (Å²) in [6, 6.07) is 1.33. The number of hydrogen-bond acceptors (Lipinski definition) is 3. The second-order valence-corrected chi connectivity index (χ2v) is 6.46. The first-order valence-electron chi connectivity index (χ1n) is 7.12. The van der Waals surface area contributed by atoms with Crippen LogP contribution in [-0.4, -0.2) is 37.5 Å². The molecule has 0 bridgehead atoms. The Balaban J connectivity index is 1.50. The molecule has 3 fully saturated rings. The Labute approximate surface area is 104 Å². The van der Waals surface area contributed by atoms with Crippen LogP contribution in [0.25, 0.3) is 0 Å². The zero-order chi connectivity index (χ0) is 12.0. The number of rotatable bonds is 4. The largest absolute Gasteiger partial charge is 0.378 e. The lowest BCUT2D eigenvalue weighted by atomic mass is 9.57. The van der Waals surface area contributed by atoms with Crippen molar-refractivity contribution in [3.05, 3.63) is 0 Å². The lowest BCUT2D eigenvalue weighted by Crippen LogP contribution is -2.68. The van der Waals surface area contributed by atoms with Gasteiger partial charge in [0.25, 0.3) is 0 Å². The molecule has 1 aliphatic heterocycles. The minimum Gasteiger partial charge on any atom is -0.378 e. The summed E-state index contributed by atoms with van der Waals surface area (Å²) >= 11 is 0. The number of hydrogen-bond donors (Lipinski definition) is 1. The van der Waals surface area contributed by atoms with Gasteiger partial charge < -0.3 is 14.8 Å². The molecule has 98 valence electrons. The molecule has 3 nitrogen and oxygen atoms in total. The summed E-state index contributed by atoms with van der Waals surface area (Å²) in [5.41, 5.74) is 0.317. The summed E-state index contributed by atoms with van der Waals surface area (Å²) in [5, 5.41) is 3.84. The van der Waals surface area contributed by atoms with Crippen LogP contribution in [0.1, 0.15) is 40.0 Å². The van der Waals surface area contributed by atoms with Crippen molar-refractivity contribution in [2.45, 2.75) is 64.3 Å². The van der Waals surface area contributed by atoms with Gasteiger partial charge in [-0.05, 0) is 26.2 Å². The standard InChI is InChI=1S/C14H25NO2/c1-4-16-10-7-9(8-10)15-12-11-5-6-17-13(11)14(12,2)3/h9-13,15H,4-8H2,1-3H3. The molecule has 17 heavy (non-hydrogen) atoms. The van der Waals surface area contributed by atoms with Crippen molar-refractivity contribution in [1.82, 2.24) is 5.32 Å². The lowest BCUT2D eigenvalue weighted by molar-refractivity contribution is -0.123. The van der Waals surface area contributed by atoms with Crippen molar-refractivity contribution in [2.24, 2.45) is 11.3 Å². The van der Waals surface area contributed by atoms with Crippen LogP contribution in [-0.2, 0) is 9.47 Å². The minimum atomic E-state index is 0.317. The van der Waals surface area contributed by atoms with E-state index in [9.17, 15) is 0 Å². The van der Waals surface area contributed by atoms with Gasteiger partial charge in [0.05, 0.1) is 12.2 Å². The van der Waals surface area contributed by atoms with Crippen LogP contribution in [0.2, 0.25) is 0 Å². The van der Waals surface area contributed by atoms with Gasteiger partial charge in [0, 0.05) is 36.6 Å². The van der Waals surface area contributed by atoms with Crippen molar-refractivity contribution in [3.63, 3.8) is 0 Å². The number of ether oxygens (including phenoxy) is 2. The second kappa shape index (κ2) is 4.22. The van der Waals surface area contributed by atoms with E-state index in [0.717, 1.165) is 19.1 Å². The molecule has 3 heteroatoms. The first kappa shape index (κ1) is 11.9.